The number of halogens is 1. The van der Waals surface area contributed by atoms with Crippen molar-refractivity contribution in [3.63, 3.8) is 0 Å². The molecule has 0 saturated heterocycles. The van der Waals surface area contributed by atoms with Gasteiger partial charge in [0.05, 0.1) is 0 Å². The van der Waals surface area contributed by atoms with Gasteiger partial charge in [0.15, 0.2) is 0 Å². The number of thiophene rings is 1. The monoisotopic (exact) mass is 303 g/mol. The number of aryl methyl sites for hydroxylation is 1. The van der Waals surface area contributed by atoms with Gasteiger partial charge in [0.2, 0.25) is 0 Å². The molecule has 0 amide bonds. The number of hydrogen-bond acceptors (Lipinski definition) is 2. The summed E-state index contributed by atoms with van der Waals surface area (Å²) >= 11 is 5.43. The maximum Gasteiger partial charge on any atom is 0.0314 e. The molecule has 0 spiro atoms. The summed E-state index contributed by atoms with van der Waals surface area (Å²) in [6.45, 7) is 9.99. The molecule has 0 radical (unpaired) electrons. The van der Waals surface area contributed by atoms with Gasteiger partial charge >= 0.3 is 0 Å². The van der Waals surface area contributed by atoms with Crippen LogP contribution >= 0.6 is 27.3 Å². The van der Waals surface area contributed by atoms with Gasteiger partial charge in [-0.3, -0.25) is 0 Å². The quantitative estimate of drug-likeness (QED) is 0.801. The fraction of sp³-hybridized carbons (Fsp3) is 0.692. The molecule has 16 heavy (non-hydrogen) atoms. The van der Waals surface area contributed by atoms with Crippen molar-refractivity contribution in [2.24, 2.45) is 5.92 Å². The van der Waals surface area contributed by atoms with Crippen molar-refractivity contribution >= 4 is 27.3 Å². The van der Waals surface area contributed by atoms with Crippen LogP contribution in [0.25, 0.3) is 0 Å². The van der Waals surface area contributed by atoms with E-state index in [2.05, 4.69) is 55.0 Å². The van der Waals surface area contributed by atoms with E-state index in [-0.39, 0.29) is 0 Å². The first kappa shape index (κ1) is 14.2. The zero-order valence-electron chi connectivity index (χ0n) is 10.6. The second-order valence-electron chi connectivity index (χ2n) is 4.87. The molecule has 0 saturated carbocycles. The van der Waals surface area contributed by atoms with E-state index in [0.717, 1.165) is 12.5 Å². The fourth-order valence-corrected chi connectivity index (χ4v) is 3.12. The van der Waals surface area contributed by atoms with E-state index in [9.17, 15) is 0 Å². The highest BCUT2D eigenvalue weighted by atomic mass is 79.9. The van der Waals surface area contributed by atoms with Crippen LogP contribution in [0, 0.1) is 12.8 Å². The predicted octanol–water partition coefficient (Wildman–Crippen LogP) is 4.73. The standard InChI is InChI=1S/C13H22BrNS/c1-9(2)5-6-10(3)15-8-12-7-13(14)11(4)16-12/h7,9-10,15H,5-6,8H2,1-4H3. The minimum absolute atomic E-state index is 0.614. The molecule has 1 rings (SSSR count). The van der Waals surface area contributed by atoms with Gasteiger partial charge in [-0.2, -0.15) is 0 Å². The normalized spacial score (nSPS) is 13.4. The summed E-state index contributed by atoms with van der Waals surface area (Å²) in [5.74, 6) is 0.808. The Balaban J connectivity index is 2.28. The van der Waals surface area contributed by atoms with Gasteiger partial charge in [0.1, 0.15) is 0 Å². The van der Waals surface area contributed by atoms with Gasteiger partial charge < -0.3 is 5.32 Å². The highest BCUT2D eigenvalue weighted by Crippen LogP contribution is 2.26. The minimum atomic E-state index is 0.614. The van der Waals surface area contributed by atoms with Gasteiger partial charge in [-0.1, -0.05) is 13.8 Å². The van der Waals surface area contributed by atoms with Crippen LogP contribution in [0.2, 0.25) is 0 Å². The van der Waals surface area contributed by atoms with Crippen LogP contribution in [0.3, 0.4) is 0 Å². The molecule has 1 aromatic heterocycles. The van der Waals surface area contributed by atoms with Gasteiger partial charge in [-0.25, -0.2) is 0 Å². The van der Waals surface area contributed by atoms with E-state index in [1.165, 1.54) is 27.1 Å². The molecule has 1 atom stereocenters. The van der Waals surface area contributed by atoms with Crippen LogP contribution in [0.1, 0.15) is 43.4 Å². The lowest BCUT2D eigenvalue weighted by atomic mass is 10.0. The van der Waals surface area contributed by atoms with Crippen molar-refractivity contribution in [3.8, 4) is 0 Å². The van der Waals surface area contributed by atoms with Crippen LogP contribution in [-0.4, -0.2) is 6.04 Å². The fourth-order valence-electron chi connectivity index (χ4n) is 1.57. The molecule has 0 aromatic carbocycles. The van der Waals surface area contributed by atoms with Crippen molar-refractivity contribution in [2.75, 3.05) is 0 Å². The zero-order valence-corrected chi connectivity index (χ0v) is 13.0. The van der Waals surface area contributed by atoms with E-state index in [1.54, 1.807) is 0 Å². The molecule has 0 aliphatic heterocycles. The molecule has 1 aromatic rings. The highest BCUT2D eigenvalue weighted by molar-refractivity contribution is 9.10. The van der Waals surface area contributed by atoms with Crippen LogP contribution in [0.5, 0.6) is 0 Å². The third kappa shape index (κ3) is 4.98. The van der Waals surface area contributed by atoms with Crippen molar-refractivity contribution in [2.45, 2.75) is 53.1 Å². The first-order chi connectivity index (χ1) is 7.49. The van der Waals surface area contributed by atoms with Gasteiger partial charge in [-0.15, -0.1) is 11.3 Å². The lowest BCUT2D eigenvalue weighted by molar-refractivity contribution is 0.452. The third-order valence-electron chi connectivity index (χ3n) is 2.71. The maximum absolute atomic E-state index is 3.58. The summed E-state index contributed by atoms with van der Waals surface area (Å²) in [6, 6.07) is 2.84. The van der Waals surface area contributed by atoms with E-state index in [0.29, 0.717) is 6.04 Å². The summed E-state index contributed by atoms with van der Waals surface area (Å²) in [7, 11) is 0. The van der Waals surface area contributed by atoms with Crippen molar-refractivity contribution in [1.82, 2.24) is 5.32 Å². The molecule has 0 aliphatic rings. The van der Waals surface area contributed by atoms with Crippen molar-refractivity contribution in [1.29, 1.82) is 0 Å². The van der Waals surface area contributed by atoms with Gasteiger partial charge in [0.25, 0.3) is 0 Å². The Bertz CT molecular complexity index is 300. The average molecular weight is 304 g/mol. The summed E-state index contributed by atoms with van der Waals surface area (Å²) < 4.78 is 1.24. The van der Waals surface area contributed by atoms with E-state index in [1.807, 2.05) is 11.3 Å². The van der Waals surface area contributed by atoms with E-state index < -0.39 is 0 Å². The lowest BCUT2D eigenvalue weighted by Crippen LogP contribution is -2.25. The summed E-state index contributed by atoms with van der Waals surface area (Å²) in [4.78, 5) is 2.78. The van der Waals surface area contributed by atoms with Crippen LogP contribution < -0.4 is 5.32 Å². The summed E-state index contributed by atoms with van der Waals surface area (Å²) in [6.07, 6.45) is 2.57. The molecular weight excluding hydrogens is 282 g/mol. The Labute approximate surface area is 112 Å². The highest BCUT2D eigenvalue weighted by Gasteiger charge is 2.06. The Morgan fingerprint density at radius 1 is 1.31 bits per heavy atom. The smallest absolute Gasteiger partial charge is 0.0314 e. The third-order valence-corrected chi connectivity index (χ3v) is 4.85. The minimum Gasteiger partial charge on any atom is -0.309 e. The lowest BCUT2D eigenvalue weighted by Gasteiger charge is -2.14. The molecule has 3 heteroatoms. The largest absolute Gasteiger partial charge is 0.309 e. The predicted molar refractivity (Wildman–Crippen MR) is 77.1 cm³/mol. The molecule has 0 fully saturated rings. The summed E-state index contributed by atoms with van der Waals surface area (Å²) in [5.41, 5.74) is 0. The maximum atomic E-state index is 3.58. The van der Waals surface area contributed by atoms with E-state index in [4.69, 9.17) is 0 Å². The SMILES string of the molecule is Cc1sc(CNC(C)CCC(C)C)cc1Br. The Morgan fingerprint density at radius 3 is 2.50 bits per heavy atom. The Hall–Kier alpha value is 0.140. The Kier molecular flexibility index (Phi) is 6.01. The molecule has 1 heterocycles. The number of rotatable bonds is 6. The zero-order chi connectivity index (χ0) is 12.1. The topological polar surface area (TPSA) is 12.0 Å². The van der Waals surface area contributed by atoms with Crippen molar-refractivity contribution in [3.05, 3.63) is 20.3 Å². The molecule has 1 unspecified atom stereocenters. The second kappa shape index (κ2) is 6.77. The van der Waals surface area contributed by atoms with Gasteiger partial charge in [-0.05, 0) is 54.6 Å². The van der Waals surface area contributed by atoms with Crippen LogP contribution in [-0.2, 0) is 6.54 Å². The summed E-state index contributed by atoms with van der Waals surface area (Å²) in [5, 5.41) is 3.58. The molecular formula is C13H22BrNS. The van der Waals surface area contributed by atoms with Crippen LogP contribution in [0.15, 0.2) is 10.5 Å². The average Bonchev–Trinajstić information content (AvgIpc) is 2.52. The number of nitrogens with one attached hydrogen (secondary N) is 1. The Morgan fingerprint density at radius 2 is 2.00 bits per heavy atom. The molecule has 1 nitrogen and oxygen atoms in total. The molecule has 1 N–H and O–H groups in total. The molecule has 92 valence electrons. The van der Waals surface area contributed by atoms with Gasteiger partial charge in [0, 0.05) is 26.8 Å². The first-order valence-corrected chi connectivity index (χ1v) is 7.58. The number of hydrogen-bond donors (Lipinski definition) is 1. The van der Waals surface area contributed by atoms with Crippen LogP contribution in [0.4, 0.5) is 0 Å². The first-order valence-electron chi connectivity index (χ1n) is 5.97. The van der Waals surface area contributed by atoms with E-state index >= 15 is 0 Å². The molecule has 0 bridgehead atoms. The molecule has 0 aliphatic carbocycles. The van der Waals surface area contributed by atoms with Crippen molar-refractivity contribution < 1.29 is 0 Å². The second-order valence-corrected chi connectivity index (χ2v) is 7.07.